The summed E-state index contributed by atoms with van der Waals surface area (Å²) in [5.74, 6) is 0. The van der Waals surface area contributed by atoms with Gasteiger partial charge in [-0.05, 0) is 23.1 Å². The van der Waals surface area contributed by atoms with Crippen LogP contribution in [0.25, 0.3) is 6.08 Å². The lowest BCUT2D eigenvalue weighted by Gasteiger charge is -2.21. The van der Waals surface area contributed by atoms with Gasteiger partial charge in [0, 0.05) is 5.41 Å². The first-order valence-electron chi connectivity index (χ1n) is 6.13. The molecular formula is C16H20. The Morgan fingerprint density at radius 3 is 2.62 bits per heavy atom. The average molecular weight is 212 g/mol. The average Bonchev–Trinajstić information content (AvgIpc) is 2.38. The van der Waals surface area contributed by atoms with Crippen LogP contribution in [-0.2, 0) is 5.41 Å². The molecule has 0 saturated heterocycles. The number of hydrogen-bond acceptors (Lipinski definition) is 0. The van der Waals surface area contributed by atoms with Crippen LogP contribution in [0.5, 0.6) is 0 Å². The molecule has 1 aliphatic carbocycles. The molecule has 0 nitrogen and oxygen atoms in total. The highest BCUT2D eigenvalue weighted by Crippen LogP contribution is 2.33. The predicted octanol–water partition coefficient (Wildman–Crippen LogP) is 4.72. The van der Waals surface area contributed by atoms with Crippen molar-refractivity contribution in [1.29, 1.82) is 0 Å². The third kappa shape index (κ3) is 2.11. The molecule has 0 saturated carbocycles. The molecule has 0 aromatic heterocycles. The van der Waals surface area contributed by atoms with Crippen molar-refractivity contribution in [2.24, 2.45) is 0 Å². The summed E-state index contributed by atoms with van der Waals surface area (Å²) in [4.78, 5) is 0. The molecule has 0 aliphatic heterocycles. The van der Waals surface area contributed by atoms with E-state index in [2.05, 4.69) is 63.3 Å². The summed E-state index contributed by atoms with van der Waals surface area (Å²) in [6.07, 6.45) is 9.34. The van der Waals surface area contributed by atoms with Gasteiger partial charge in [-0.15, -0.1) is 0 Å². The highest BCUT2D eigenvalue weighted by Gasteiger charge is 2.21. The Kier molecular flexibility index (Phi) is 3.00. The van der Waals surface area contributed by atoms with Gasteiger partial charge >= 0.3 is 0 Å². The maximum atomic E-state index is 2.34. The van der Waals surface area contributed by atoms with Crippen molar-refractivity contribution in [1.82, 2.24) is 0 Å². The molecule has 1 aromatic rings. The van der Waals surface area contributed by atoms with Crippen molar-refractivity contribution in [3.63, 3.8) is 0 Å². The summed E-state index contributed by atoms with van der Waals surface area (Å²) < 4.78 is 0. The van der Waals surface area contributed by atoms with E-state index in [1.165, 1.54) is 29.5 Å². The van der Waals surface area contributed by atoms with Gasteiger partial charge < -0.3 is 0 Å². The van der Waals surface area contributed by atoms with Gasteiger partial charge in [0.1, 0.15) is 0 Å². The van der Waals surface area contributed by atoms with E-state index in [0.717, 1.165) is 0 Å². The van der Waals surface area contributed by atoms with Crippen LogP contribution in [0.1, 0.15) is 44.7 Å². The molecule has 2 rings (SSSR count). The number of benzene rings is 1. The molecule has 0 atom stereocenters. The van der Waals surface area contributed by atoms with Crippen molar-refractivity contribution >= 4 is 6.08 Å². The second kappa shape index (κ2) is 4.29. The normalized spacial score (nSPS) is 17.6. The van der Waals surface area contributed by atoms with Crippen LogP contribution in [0.4, 0.5) is 0 Å². The van der Waals surface area contributed by atoms with Gasteiger partial charge in [-0.25, -0.2) is 0 Å². The van der Waals surface area contributed by atoms with E-state index in [1.54, 1.807) is 0 Å². The molecule has 0 unspecified atom stereocenters. The number of fused-ring (bicyclic) bond motifs is 1. The molecule has 1 aromatic carbocycles. The molecule has 0 fully saturated rings. The van der Waals surface area contributed by atoms with Crippen LogP contribution < -0.4 is 0 Å². The Morgan fingerprint density at radius 1 is 1.12 bits per heavy atom. The third-order valence-corrected chi connectivity index (χ3v) is 3.25. The molecule has 0 spiro atoms. The largest absolute Gasteiger partial charge is 0.0742 e. The first-order chi connectivity index (χ1) is 7.63. The zero-order valence-electron chi connectivity index (χ0n) is 10.5. The number of hydrogen-bond donors (Lipinski definition) is 0. The summed E-state index contributed by atoms with van der Waals surface area (Å²) in [6.45, 7) is 6.80. The minimum absolute atomic E-state index is 0.141. The molecule has 0 N–H and O–H groups in total. The highest BCUT2D eigenvalue weighted by atomic mass is 14.2. The first kappa shape index (κ1) is 11.2. The van der Waals surface area contributed by atoms with Gasteiger partial charge in [0.15, 0.2) is 0 Å². The molecule has 0 heterocycles. The van der Waals surface area contributed by atoms with Gasteiger partial charge in [0.2, 0.25) is 0 Å². The molecule has 0 heteroatoms. The predicted molar refractivity (Wildman–Crippen MR) is 71.5 cm³/mol. The Labute approximate surface area is 98.7 Å². The van der Waals surface area contributed by atoms with Crippen LogP contribution in [0.2, 0.25) is 0 Å². The topological polar surface area (TPSA) is 0 Å². The van der Waals surface area contributed by atoms with Crippen LogP contribution in [0.3, 0.4) is 0 Å². The van der Waals surface area contributed by atoms with Crippen molar-refractivity contribution in [2.75, 3.05) is 0 Å². The van der Waals surface area contributed by atoms with Gasteiger partial charge in [-0.3, -0.25) is 0 Å². The quantitative estimate of drug-likeness (QED) is 0.665. The SMILES string of the molecule is CCCC1=Cc2ccccc2C(C)(C)C=C1. The second-order valence-electron chi connectivity index (χ2n) is 5.11. The molecule has 1 aliphatic rings. The maximum absolute atomic E-state index is 2.34. The Morgan fingerprint density at radius 2 is 1.88 bits per heavy atom. The third-order valence-electron chi connectivity index (χ3n) is 3.25. The van der Waals surface area contributed by atoms with Crippen molar-refractivity contribution in [2.45, 2.75) is 39.0 Å². The van der Waals surface area contributed by atoms with E-state index in [4.69, 9.17) is 0 Å². The monoisotopic (exact) mass is 212 g/mol. The lowest BCUT2D eigenvalue weighted by molar-refractivity contribution is 0.669. The fourth-order valence-electron chi connectivity index (χ4n) is 2.31. The summed E-state index contributed by atoms with van der Waals surface area (Å²) >= 11 is 0. The minimum atomic E-state index is 0.141. The lowest BCUT2D eigenvalue weighted by Crippen LogP contribution is -2.14. The summed E-state index contributed by atoms with van der Waals surface area (Å²) in [6, 6.07) is 8.72. The highest BCUT2D eigenvalue weighted by molar-refractivity contribution is 5.63. The summed E-state index contributed by atoms with van der Waals surface area (Å²) in [5, 5.41) is 0. The zero-order valence-corrected chi connectivity index (χ0v) is 10.5. The van der Waals surface area contributed by atoms with E-state index >= 15 is 0 Å². The van der Waals surface area contributed by atoms with E-state index < -0.39 is 0 Å². The number of allylic oxidation sites excluding steroid dienone is 3. The van der Waals surface area contributed by atoms with Crippen LogP contribution >= 0.6 is 0 Å². The zero-order chi connectivity index (χ0) is 11.6. The van der Waals surface area contributed by atoms with Gasteiger partial charge in [0.25, 0.3) is 0 Å². The van der Waals surface area contributed by atoms with E-state index in [0.29, 0.717) is 0 Å². The van der Waals surface area contributed by atoms with Crippen LogP contribution in [0.15, 0.2) is 42.0 Å². The van der Waals surface area contributed by atoms with Crippen molar-refractivity contribution in [3.8, 4) is 0 Å². The Bertz CT molecular complexity index is 433. The minimum Gasteiger partial charge on any atom is -0.0742 e. The first-order valence-corrected chi connectivity index (χ1v) is 6.13. The molecule has 0 amide bonds. The fraction of sp³-hybridized carbons (Fsp3) is 0.375. The Balaban J connectivity index is 2.52. The van der Waals surface area contributed by atoms with E-state index in [-0.39, 0.29) is 5.41 Å². The Hall–Kier alpha value is -1.30. The van der Waals surface area contributed by atoms with Crippen LogP contribution in [-0.4, -0.2) is 0 Å². The number of rotatable bonds is 2. The maximum Gasteiger partial charge on any atom is 0.00844 e. The summed E-state index contributed by atoms with van der Waals surface area (Å²) in [7, 11) is 0. The van der Waals surface area contributed by atoms with E-state index in [9.17, 15) is 0 Å². The lowest BCUT2D eigenvalue weighted by atomic mass is 9.82. The molecular weight excluding hydrogens is 192 g/mol. The van der Waals surface area contributed by atoms with Crippen LogP contribution in [0, 0.1) is 0 Å². The standard InChI is InChI=1S/C16H20/c1-4-7-13-10-11-16(2,3)15-9-6-5-8-14(15)12-13/h5-6,8-12H,4,7H2,1-3H3. The molecule has 84 valence electrons. The van der Waals surface area contributed by atoms with Crippen molar-refractivity contribution < 1.29 is 0 Å². The van der Waals surface area contributed by atoms with Gasteiger partial charge in [-0.1, -0.05) is 69.7 Å². The molecule has 16 heavy (non-hydrogen) atoms. The fourth-order valence-corrected chi connectivity index (χ4v) is 2.31. The molecule has 0 radical (unpaired) electrons. The summed E-state index contributed by atoms with van der Waals surface area (Å²) in [5.41, 5.74) is 4.39. The van der Waals surface area contributed by atoms with Crippen molar-refractivity contribution in [3.05, 3.63) is 53.1 Å². The van der Waals surface area contributed by atoms with E-state index in [1.807, 2.05) is 0 Å². The van der Waals surface area contributed by atoms with Gasteiger partial charge in [-0.2, -0.15) is 0 Å². The smallest absolute Gasteiger partial charge is 0.00844 e. The second-order valence-corrected chi connectivity index (χ2v) is 5.11. The molecule has 0 bridgehead atoms. The van der Waals surface area contributed by atoms with Gasteiger partial charge in [0.05, 0.1) is 0 Å².